The normalized spacial score (nSPS) is 20.3. The van der Waals surface area contributed by atoms with E-state index in [9.17, 15) is 0 Å². The predicted molar refractivity (Wildman–Crippen MR) is 97.7 cm³/mol. The van der Waals surface area contributed by atoms with E-state index < -0.39 is 0 Å². The summed E-state index contributed by atoms with van der Waals surface area (Å²) in [6.07, 6.45) is 15.9. The summed E-state index contributed by atoms with van der Waals surface area (Å²) in [5.41, 5.74) is 0. The van der Waals surface area contributed by atoms with Crippen LogP contribution in [0.2, 0.25) is 0 Å². The minimum Gasteiger partial charge on any atom is -0.428 e. The summed E-state index contributed by atoms with van der Waals surface area (Å²) < 4.78 is 21.8. The van der Waals surface area contributed by atoms with Crippen LogP contribution in [-0.2, 0) is 18.6 Å². The fourth-order valence-corrected chi connectivity index (χ4v) is 2.95. The van der Waals surface area contributed by atoms with Gasteiger partial charge in [-0.15, -0.1) is 0 Å². The molecule has 0 aromatic rings. The molecule has 0 saturated carbocycles. The number of unbranched alkanes of at least 4 members (excludes halogenated alkanes) is 6. The Morgan fingerprint density at radius 1 is 1.04 bits per heavy atom. The van der Waals surface area contributed by atoms with Gasteiger partial charge in [0.15, 0.2) is 6.29 Å². The number of hydrogen-bond donors (Lipinski definition) is 0. The summed E-state index contributed by atoms with van der Waals surface area (Å²) in [6.45, 7) is 4.99. The lowest BCUT2D eigenvalue weighted by molar-refractivity contribution is -0.228. The van der Waals surface area contributed by atoms with E-state index in [-0.39, 0.29) is 12.4 Å². The molecule has 4 nitrogen and oxygen atoms in total. The molecule has 1 heterocycles. The van der Waals surface area contributed by atoms with Crippen molar-refractivity contribution in [2.45, 2.75) is 77.1 Å². The van der Waals surface area contributed by atoms with Crippen molar-refractivity contribution in [1.82, 2.24) is 0 Å². The molecular formula is C18H36O4Si. The molecular weight excluding hydrogens is 308 g/mol. The predicted octanol–water partition coefficient (Wildman–Crippen LogP) is 3.13. The molecule has 2 atom stereocenters. The lowest BCUT2D eigenvalue weighted by Gasteiger charge is -2.26. The van der Waals surface area contributed by atoms with Gasteiger partial charge in [0.05, 0.1) is 25.9 Å². The Bertz CT molecular complexity index is 280. The van der Waals surface area contributed by atoms with E-state index in [1.165, 1.54) is 51.4 Å². The first-order valence-corrected chi connectivity index (χ1v) is 10.1. The maximum Gasteiger partial charge on any atom is 0.181 e. The Morgan fingerprint density at radius 2 is 1.78 bits per heavy atom. The molecule has 0 N–H and O–H groups in total. The van der Waals surface area contributed by atoms with Gasteiger partial charge >= 0.3 is 0 Å². The summed E-state index contributed by atoms with van der Waals surface area (Å²) in [5, 5.41) is 0. The van der Waals surface area contributed by atoms with Gasteiger partial charge in [0.1, 0.15) is 10.5 Å². The van der Waals surface area contributed by atoms with Gasteiger partial charge in [-0.2, -0.15) is 0 Å². The Kier molecular flexibility index (Phi) is 13.9. The molecule has 5 heteroatoms. The van der Waals surface area contributed by atoms with Crippen LogP contribution in [0.25, 0.3) is 0 Å². The lowest BCUT2D eigenvalue weighted by atomic mass is 10.1. The van der Waals surface area contributed by atoms with Gasteiger partial charge in [0, 0.05) is 6.61 Å². The second kappa shape index (κ2) is 15.3. The monoisotopic (exact) mass is 344 g/mol. The van der Waals surface area contributed by atoms with Crippen molar-refractivity contribution in [1.29, 1.82) is 0 Å². The van der Waals surface area contributed by atoms with Gasteiger partial charge in [0.2, 0.25) is 0 Å². The summed E-state index contributed by atoms with van der Waals surface area (Å²) >= 11 is 0. The Morgan fingerprint density at radius 3 is 2.48 bits per heavy atom. The van der Waals surface area contributed by atoms with Crippen LogP contribution in [0.5, 0.6) is 0 Å². The van der Waals surface area contributed by atoms with E-state index in [0.717, 1.165) is 23.5 Å². The highest BCUT2D eigenvalue weighted by Gasteiger charge is 2.17. The third-order valence-corrected chi connectivity index (χ3v) is 4.45. The number of rotatable bonds is 14. The molecule has 0 radical (unpaired) electrons. The third kappa shape index (κ3) is 12.8. The smallest absolute Gasteiger partial charge is 0.181 e. The molecule has 0 aromatic heterocycles. The van der Waals surface area contributed by atoms with Gasteiger partial charge < -0.3 is 18.6 Å². The maximum absolute atomic E-state index is 5.83. The molecule has 1 aliphatic heterocycles. The van der Waals surface area contributed by atoms with Gasteiger partial charge in [0.25, 0.3) is 0 Å². The van der Waals surface area contributed by atoms with Crippen LogP contribution in [0.1, 0.15) is 64.7 Å². The van der Waals surface area contributed by atoms with Gasteiger partial charge in [-0.05, 0) is 45.4 Å². The second-order valence-corrected chi connectivity index (χ2v) is 6.85. The minimum absolute atomic E-state index is 0.158. The average molecular weight is 345 g/mol. The molecule has 0 bridgehead atoms. The molecule has 0 aromatic carbocycles. The molecule has 1 rings (SSSR count). The standard InChI is InChI=1S/C18H36O4Si/c1-17(22-18-16-19-14-15-20-18)12-10-8-6-4-2-3-5-7-9-11-13-21-23/h3,5,17-18H,2,4,6-16H2,1,23H3/b5-3-. The zero-order chi connectivity index (χ0) is 16.6. The van der Waals surface area contributed by atoms with Crippen molar-refractivity contribution in [2.24, 2.45) is 0 Å². The SMILES string of the molecule is CC(CCCCCC/C=C\CCCCO[SiH3])OC1COCCO1. The number of allylic oxidation sites excluding steroid dienone is 2. The second-order valence-electron chi connectivity index (χ2n) is 6.27. The Hall–Kier alpha value is -0.203. The van der Waals surface area contributed by atoms with Gasteiger partial charge in [-0.1, -0.05) is 31.4 Å². The zero-order valence-electron chi connectivity index (χ0n) is 15.1. The van der Waals surface area contributed by atoms with E-state index in [2.05, 4.69) is 19.1 Å². The highest BCUT2D eigenvalue weighted by atomic mass is 28.2. The highest BCUT2D eigenvalue weighted by molar-refractivity contribution is 5.97. The maximum atomic E-state index is 5.83. The number of ether oxygens (including phenoxy) is 3. The van der Waals surface area contributed by atoms with Crippen LogP contribution in [0.15, 0.2) is 12.2 Å². The molecule has 136 valence electrons. The van der Waals surface area contributed by atoms with Crippen molar-refractivity contribution in [3.05, 3.63) is 12.2 Å². The summed E-state index contributed by atoms with van der Waals surface area (Å²) in [6, 6.07) is 0. The molecule has 1 saturated heterocycles. The van der Waals surface area contributed by atoms with E-state index in [4.69, 9.17) is 18.6 Å². The van der Waals surface area contributed by atoms with Crippen LogP contribution < -0.4 is 0 Å². The number of hydrogen-bond acceptors (Lipinski definition) is 4. The first kappa shape index (κ1) is 20.8. The molecule has 1 fully saturated rings. The molecule has 0 spiro atoms. The molecule has 23 heavy (non-hydrogen) atoms. The van der Waals surface area contributed by atoms with Crippen LogP contribution in [0.3, 0.4) is 0 Å². The lowest BCUT2D eigenvalue weighted by Crippen LogP contribution is -2.33. The molecule has 1 aliphatic rings. The van der Waals surface area contributed by atoms with Crippen molar-refractivity contribution in [2.75, 3.05) is 26.4 Å². The van der Waals surface area contributed by atoms with Crippen molar-refractivity contribution in [3.63, 3.8) is 0 Å². The zero-order valence-corrected chi connectivity index (χ0v) is 17.1. The van der Waals surface area contributed by atoms with Gasteiger partial charge in [-0.25, -0.2) is 0 Å². The van der Waals surface area contributed by atoms with Crippen LogP contribution in [0, 0.1) is 0 Å². The van der Waals surface area contributed by atoms with Crippen LogP contribution in [0.4, 0.5) is 0 Å². The van der Waals surface area contributed by atoms with E-state index in [1.807, 2.05) is 0 Å². The molecule has 0 aliphatic carbocycles. The minimum atomic E-state index is -0.158. The third-order valence-electron chi connectivity index (χ3n) is 4.04. The Labute approximate surface area is 145 Å². The van der Waals surface area contributed by atoms with E-state index in [0.29, 0.717) is 19.8 Å². The van der Waals surface area contributed by atoms with Gasteiger partial charge in [-0.3, -0.25) is 0 Å². The quantitative estimate of drug-likeness (QED) is 0.276. The summed E-state index contributed by atoms with van der Waals surface area (Å²) in [5.74, 6) is 0. The molecule has 2 unspecified atom stereocenters. The van der Waals surface area contributed by atoms with E-state index >= 15 is 0 Å². The van der Waals surface area contributed by atoms with Crippen molar-refractivity contribution >= 4 is 10.5 Å². The average Bonchev–Trinajstić information content (AvgIpc) is 2.57. The van der Waals surface area contributed by atoms with Crippen LogP contribution >= 0.6 is 0 Å². The molecule has 0 amide bonds. The summed E-state index contributed by atoms with van der Waals surface area (Å²) in [4.78, 5) is 0. The Balaban J connectivity index is 1.82. The highest BCUT2D eigenvalue weighted by Crippen LogP contribution is 2.13. The summed E-state index contributed by atoms with van der Waals surface area (Å²) in [7, 11) is 0.873. The van der Waals surface area contributed by atoms with Crippen molar-refractivity contribution < 1.29 is 18.6 Å². The first-order chi connectivity index (χ1) is 11.3. The topological polar surface area (TPSA) is 36.9 Å². The fourth-order valence-electron chi connectivity index (χ4n) is 2.66. The fraction of sp³-hybridized carbons (Fsp3) is 0.889. The van der Waals surface area contributed by atoms with Crippen molar-refractivity contribution in [3.8, 4) is 0 Å². The largest absolute Gasteiger partial charge is 0.428 e. The first-order valence-electron chi connectivity index (χ1n) is 9.31. The van der Waals surface area contributed by atoms with Crippen LogP contribution in [-0.4, -0.2) is 49.3 Å². The van der Waals surface area contributed by atoms with E-state index in [1.54, 1.807) is 0 Å².